The third kappa shape index (κ3) is 8.88. The van der Waals surface area contributed by atoms with E-state index in [2.05, 4.69) is 10.6 Å². The van der Waals surface area contributed by atoms with Gasteiger partial charge in [-0.15, -0.1) is 0 Å². The standard InChI is InChI=1S/C21H32N2O5/c1-5-6-12-17(19(24)22-18(13-15(2)3)20(25)27-4)23-21(26)28-14-16-10-8-7-9-11-16/h7-11,15,17-18H,5-6,12-14H2,1-4H3,(H,22,24)(H,23,26)/t17-,18-/m0/s1. The number of benzene rings is 1. The third-order valence-corrected chi connectivity index (χ3v) is 4.18. The van der Waals surface area contributed by atoms with Crippen molar-refractivity contribution in [2.24, 2.45) is 5.92 Å². The summed E-state index contributed by atoms with van der Waals surface area (Å²) in [5.41, 5.74) is 0.856. The number of alkyl carbamates (subject to hydrolysis) is 1. The van der Waals surface area contributed by atoms with E-state index in [1.807, 2.05) is 51.1 Å². The van der Waals surface area contributed by atoms with Crippen molar-refractivity contribution in [3.05, 3.63) is 35.9 Å². The van der Waals surface area contributed by atoms with Crippen LogP contribution < -0.4 is 10.6 Å². The number of unbranched alkanes of at least 4 members (excludes halogenated alkanes) is 1. The van der Waals surface area contributed by atoms with Gasteiger partial charge in [-0.25, -0.2) is 9.59 Å². The largest absolute Gasteiger partial charge is 0.467 e. The van der Waals surface area contributed by atoms with Crippen molar-refractivity contribution in [2.45, 2.75) is 65.1 Å². The minimum absolute atomic E-state index is 0.118. The van der Waals surface area contributed by atoms with Gasteiger partial charge >= 0.3 is 12.1 Å². The zero-order chi connectivity index (χ0) is 20.9. The summed E-state index contributed by atoms with van der Waals surface area (Å²) in [4.78, 5) is 36.8. The van der Waals surface area contributed by atoms with E-state index < -0.39 is 30.1 Å². The molecule has 0 aromatic heterocycles. The Balaban J connectivity index is 2.69. The normalized spacial score (nSPS) is 12.8. The average Bonchev–Trinajstić information content (AvgIpc) is 2.68. The van der Waals surface area contributed by atoms with Gasteiger partial charge in [0.25, 0.3) is 0 Å². The van der Waals surface area contributed by atoms with Crippen LogP contribution in [0.4, 0.5) is 4.79 Å². The Kier molecular flexibility index (Phi) is 10.7. The molecule has 0 unspecified atom stereocenters. The van der Waals surface area contributed by atoms with Crippen LogP contribution >= 0.6 is 0 Å². The van der Waals surface area contributed by atoms with Crippen LogP contribution in [0.1, 0.15) is 52.0 Å². The molecule has 156 valence electrons. The summed E-state index contributed by atoms with van der Waals surface area (Å²) < 4.78 is 9.98. The molecule has 1 rings (SSSR count). The maximum atomic E-state index is 12.7. The van der Waals surface area contributed by atoms with Crippen LogP contribution in [0.25, 0.3) is 0 Å². The quantitative estimate of drug-likeness (QED) is 0.564. The number of esters is 1. The number of methoxy groups -OCH3 is 1. The van der Waals surface area contributed by atoms with E-state index in [0.717, 1.165) is 18.4 Å². The van der Waals surface area contributed by atoms with Crippen LogP contribution in [0.5, 0.6) is 0 Å². The van der Waals surface area contributed by atoms with E-state index in [1.165, 1.54) is 7.11 Å². The Morgan fingerprint density at radius 1 is 1.04 bits per heavy atom. The van der Waals surface area contributed by atoms with E-state index in [0.29, 0.717) is 12.8 Å². The second-order valence-corrected chi connectivity index (χ2v) is 7.11. The van der Waals surface area contributed by atoms with Gasteiger partial charge in [0, 0.05) is 0 Å². The van der Waals surface area contributed by atoms with Crippen LogP contribution in [0, 0.1) is 5.92 Å². The molecule has 0 bridgehead atoms. The highest BCUT2D eigenvalue weighted by Gasteiger charge is 2.27. The second-order valence-electron chi connectivity index (χ2n) is 7.11. The molecule has 2 amide bonds. The van der Waals surface area contributed by atoms with Gasteiger partial charge in [-0.1, -0.05) is 63.9 Å². The van der Waals surface area contributed by atoms with Crippen molar-refractivity contribution in [3.8, 4) is 0 Å². The fourth-order valence-electron chi connectivity index (χ4n) is 2.68. The van der Waals surface area contributed by atoms with E-state index in [4.69, 9.17) is 9.47 Å². The van der Waals surface area contributed by atoms with Gasteiger partial charge in [0.1, 0.15) is 18.7 Å². The molecule has 1 aromatic rings. The van der Waals surface area contributed by atoms with Crippen molar-refractivity contribution < 1.29 is 23.9 Å². The van der Waals surface area contributed by atoms with Crippen molar-refractivity contribution in [1.82, 2.24) is 10.6 Å². The van der Waals surface area contributed by atoms with Crippen LogP contribution in [0.15, 0.2) is 30.3 Å². The molecule has 0 aliphatic rings. The third-order valence-electron chi connectivity index (χ3n) is 4.18. The predicted octanol–water partition coefficient (Wildman–Crippen LogP) is 3.18. The molecule has 1 aromatic carbocycles. The number of ether oxygens (including phenoxy) is 2. The van der Waals surface area contributed by atoms with E-state index in [-0.39, 0.29) is 12.5 Å². The Labute approximate surface area is 167 Å². The Bertz CT molecular complexity index is 618. The Morgan fingerprint density at radius 3 is 2.29 bits per heavy atom. The summed E-state index contributed by atoms with van der Waals surface area (Å²) in [5.74, 6) is -0.716. The zero-order valence-corrected chi connectivity index (χ0v) is 17.2. The lowest BCUT2D eigenvalue weighted by Gasteiger charge is -2.23. The fourth-order valence-corrected chi connectivity index (χ4v) is 2.68. The van der Waals surface area contributed by atoms with Crippen LogP contribution in [-0.2, 0) is 25.7 Å². The number of hydrogen-bond donors (Lipinski definition) is 2. The van der Waals surface area contributed by atoms with Gasteiger partial charge < -0.3 is 20.1 Å². The summed E-state index contributed by atoms with van der Waals surface area (Å²) in [5, 5.41) is 5.32. The highest BCUT2D eigenvalue weighted by Crippen LogP contribution is 2.09. The number of hydrogen-bond acceptors (Lipinski definition) is 5. The molecule has 0 heterocycles. The molecule has 7 nitrogen and oxygen atoms in total. The summed E-state index contributed by atoms with van der Waals surface area (Å²) in [6.45, 7) is 6.03. The SMILES string of the molecule is CCCC[C@H](NC(=O)OCc1ccccc1)C(=O)N[C@@H](CC(C)C)C(=O)OC. The van der Waals surface area contributed by atoms with Gasteiger partial charge in [-0.3, -0.25) is 4.79 Å². The molecule has 0 radical (unpaired) electrons. The lowest BCUT2D eigenvalue weighted by molar-refractivity contribution is -0.145. The molecule has 2 atom stereocenters. The maximum absolute atomic E-state index is 12.7. The monoisotopic (exact) mass is 392 g/mol. The number of carbonyl (C=O) groups excluding carboxylic acids is 3. The number of amides is 2. The first-order chi connectivity index (χ1) is 13.4. The number of rotatable bonds is 11. The topological polar surface area (TPSA) is 93.7 Å². The second kappa shape index (κ2) is 12.8. The molecule has 0 fully saturated rings. The Morgan fingerprint density at radius 2 is 1.71 bits per heavy atom. The van der Waals surface area contributed by atoms with E-state index >= 15 is 0 Å². The lowest BCUT2D eigenvalue weighted by Crippen LogP contribution is -2.52. The summed E-state index contributed by atoms with van der Waals surface area (Å²) in [6.07, 6.45) is 1.87. The van der Waals surface area contributed by atoms with Gasteiger partial charge in [0.15, 0.2) is 0 Å². The molecule has 0 spiro atoms. The van der Waals surface area contributed by atoms with Crippen LogP contribution in [-0.4, -0.2) is 37.2 Å². The van der Waals surface area contributed by atoms with E-state index in [1.54, 1.807) is 0 Å². The van der Waals surface area contributed by atoms with Crippen molar-refractivity contribution in [3.63, 3.8) is 0 Å². The molecule has 7 heteroatoms. The van der Waals surface area contributed by atoms with Crippen molar-refractivity contribution in [1.29, 1.82) is 0 Å². The van der Waals surface area contributed by atoms with E-state index in [9.17, 15) is 14.4 Å². The van der Waals surface area contributed by atoms with Gasteiger partial charge in [-0.2, -0.15) is 0 Å². The molecular formula is C21H32N2O5. The molecular weight excluding hydrogens is 360 g/mol. The predicted molar refractivity (Wildman–Crippen MR) is 106 cm³/mol. The molecule has 0 saturated carbocycles. The molecule has 28 heavy (non-hydrogen) atoms. The molecule has 2 N–H and O–H groups in total. The van der Waals surface area contributed by atoms with Gasteiger partial charge in [-0.05, 0) is 24.3 Å². The van der Waals surface area contributed by atoms with Gasteiger partial charge in [0.2, 0.25) is 5.91 Å². The van der Waals surface area contributed by atoms with Crippen LogP contribution in [0.2, 0.25) is 0 Å². The first-order valence-electron chi connectivity index (χ1n) is 9.72. The molecule has 0 saturated heterocycles. The minimum atomic E-state index is -0.775. The first-order valence-corrected chi connectivity index (χ1v) is 9.72. The fraction of sp³-hybridized carbons (Fsp3) is 0.571. The van der Waals surface area contributed by atoms with Crippen LogP contribution in [0.3, 0.4) is 0 Å². The number of carbonyl (C=O) groups is 3. The molecule has 0 aliphatic carbocycles. The number of nitrogens with one attached hydrogen (secondary N) is 2. The van der Waals surface area contributed by atoms with Crippen molar-refractivity contribution in [2.75, 3.05) is 7.11 Å². The Hall–Kier alpha value is -2.57. The first kappa shape index (κ1) is 23.5. The lowest BCUT2D eigenvalue weighted by atomic mass is 10.0. The van der Waals surface area contributed by atoms with Gasteiger partial charge in [0.05, 0.1) is 7.11 Å². The maximum Gasteiger partial charge on any atom is 0.408 e. The average molecular weight is 392 g/mol. The minimum Gasteiger partial charge on any atom is -0.467 e. The summed E-state index contributed by atoms with van der Waals surface area (Å²) >= 11 is 0. The molecule has 0 aliphatic heterocycles. The highest BCUT2D eigenvalue weighted by atomic mass is 16.5. The highest BCUT2D eigenvalue weighted by molar-refractivity contribution is 5.89. The van der Waals surface area contributed by atoms with Crippen molar-refractivity contribution >= 4 is 18.0 Å². The summed E-state index contributed by atoms with van der Waals surface area (Å²) in [7, 11) is 1.29. The zero-order valence-electron chi connectivity index (χ0n) is 17.2. The smallest absolute Gasteiger partial charge is 0.408 e. The summed E-state index contributed by atoms with van der Waals surface area (Å²) in [6, 6.07) is 7.77.